The van der Waals surface area contributed by atoms with E-state index < -0.39 is 0 Å². The van der Waals surface area contributed by atoms with Crippen molar-refractivity contribution >= 4 is 25.1 Å². The lowest BCUT2D eigenvalue weighted by atomic mass is 9.86. The molecule has 2 radical (unpaired) electrons. The fourth-order valence-corrected chi connectivity index (χ4v) is 1.79. The summed E-state index contributed by atoms with van der Waals surface area (Å²) in [6, 6.07) is 7.22. The monoisotopic (exact) mass is 199 g/mol. The van der Waals surface area contributed by atoms with Gasteiger partial charge in [0.05, 0.1) is 5.92 Å². The molecule has 1 atom stereocenters. The lowest BCUT2D eigenvalue weighted by molar-refractivity contribution is -0.134. The van der Waals surface area contributed by atoms with E-state index in [4.69, 9.17) is 7.85 Å². The van der Waals surface area contributed by atoms with Crippen LogP contribution in [-0.2, 0) is 9.59 Å². The predicted molar refractivity (Wildman–Crippen MR) is 57.0 cm³/mol. The van der Waals surface area contributed by atoms with Gasteiger partial charge in [0, 0.05) is 6.42 Å². The van der Waals surface area contributed by atoms with Crippen LogP contribution in [0.3, 0.4) is 0 Å². The Morgan fingerprint density at radius 1 is 1.33 bits per heavy atom. The van der Waals surface area contributed by atoms with Crippen LogP contribution < -0.4 is 10.8 Å². The van der Waals surface area contributed by atoms with Crippen LogP contribution in [0, 0.1) is 0 Å². The number of imide groups is 1. The molecule has 0 aliphatic carbocycles. The highest BCUT2D eigenvalue weighted by Crippen LogP contribution is 2.23. The molecule has 0 bridgehead atoms. The van der Waals surface area contributed by atoms with E-state index >= 15 is 0 Å². The molecule has 0 aromatic heterocycles. The van der Waals surface area contributed by atoms with Gasteiger partial charge in [-0.05, 0) is 12.0 Å². The maximum absolute atomic E-state index is 11.5. The molecule has 1 N–H and O–H groups in total. The summed E-state index contributed by atoms with van der Waals surface area (Å²) in [6.07, 6.45) is 0.958. The largest absolute Gasteiger partial charge is 0.296 e. The topological polar surface area (TPSA) is 46.2 Å². The Kier molecular flexibility index (Phi) is 2.58. The highest BCUT2D eigenvalue weighted by atomic mass is 16.2. The Balaban J connectivity index is 2.24. The van der Waals surface area contributed by atoms with E-state index in [1.54, 1.807) is 12.1 Å². The summed E-state index contributed by atoms with van der Waals surface area (Å²) >= 11 is 0. The average Bonchev–Trinajstić information content (AvgIpc) is 2.17. The van der Waals surface area contributed by atoms with Gasteiger partial charge in [-0.1, -0.05) is 29.7 Å². The summed E-state index contributed by atoms with van der Waals surface area (Å²) in [5.74, 6) is -0.664. The first-order chi connectivity index (χ1) is 7.16. The molecule has 0 spiro atoms. The summed E-state index contributed by atoms with van der Waals surface area (Å²) < 4.78 is 0. The Bertz CT molecular complexity index is 417. The first-order valence-electron chi connectivity index (χ1n) is 4.86. The van der Waals surface area contributed by atoms with Crippen LogP contribution in [0.1, 0.15) is 24.3 Å². The number of piperidine rings is 1. The van der Waals surface area contributed by atoms with E-state index in [-0.39, 0.29) is 17.7 Å². The van der Waals surface area contributed by atoms with Crippen LogP contribution in [0.15, 0.2) is 24.3 Å². The normalized spacial score (nSPS) is 21.2. The molecule has 1 heterocycles. The molecule has 1 aliphatic heterocycles. The quantitative estimate of drug-likeness (QED) is 0.511. The van der Waals surface area contributed by atoms with Crippen LogP contribution in [0.5, 0.6) is 0 Å². The molecule has 1 fully saturated rings. The van der Waals surface area contributed by atoms with E-state index in [9.17, 15) is 9.59 Å². The molecule has 3 nitrogen and oxygen atoms in total. The number of amides is 2. The van der Waals surface area contributed by atoms with E-state index in [1.807, 2.05) is 12.1 Å². The third-order valence-corrected chi connectivity index (χ3v) is 2.55. The molecule has 2 amide bonds. The third-order valence-electron chi connectivity index (χ3n) is 2.55. The van der Waals surface area contributed by atoms with Crippen LogP contribution in [0.25, 0.3) is 0 Å². The summed E-state index contributed by atoms with van der Waals surface area (Å²) in [5.41, 5.74) is 1.51. The van der Waals surface area contributed by atoms with Crippen molar-refractivity contribution in [1.82, 2.24) is 5.32 Å². The van der Waals surface area contributed by atoms with E-state index in [0.29, 0.717) is 18.3 Å². The first kappa shape index (κ1) is 9.96. The van der Waals surface area contributed by atoms with Gasteiger partial charge >= 0.3 is 0 Å². The fraction of sp³-hybridized carbons (Fsp3) is 0.273. The van der Waals surface area contributed by atoms with Crippen LogP contribution >= 0.6 is 0 Å². The number of benzene rings is 1. The van der Waals surface area contributed by atoms with Gasteiger partial charge in [0.15, 0.2) is 0 Å². The lowest BCUT2D eigenvalue weighted by Crippen LogP contribution is -2.39. The maximum Gasteiger partial charge on any atom is 0.234 e. The van der Waals surface area contributed by atoms with Gasteiger partial charge in [-0.2, -0.15) is 0 Å². The fourth-order valence-electron chi connectivity index (χ4n) is 1.79. The summed E-state index contributed by atoms with van der Waals surface area (Å²) in [6.45, 7) is 0. The second-order valence-corrected chi connectivity index (χ2v) is 3.67. The number of carbonyl (C=O) groups excluding carboxylic acids is 2. The summed E-state index contributed by atoms with van der Waals surface area (Å²) in [7, 11) is 5.64. The van der Waals surface area contributed by atoms with Gasteiger partial charge in [0.1, 0.15) is 7.85 Å². The zero-order valence-electron chi connectivity index (χ0n) is 8.19. The first-order valence-corrected chi connectivity index (χ1v) is 4.86. The number of hydrogen-bond donors (Lipinski definition) is 1. The molecular formula is C11H10BNO2. The molecule has 1 aliphatic rings. The minimum absolute atomic E-state index is 0.194. The molecule has 15 heavy (non-hydrogen) atoms. The van der Waals surface area contributed by atoms with Crippen molar-refractivity contribution in [1.29, 1.82) is 0 Å². The maximum atomic E-state index is 11.5. The summed E-state index contributed by atoms with van der Waals surface area (Å²) in [5, 5.41) is 2.33. The second-order valence-electron chi connectivity index (χ2n) is 3.67. The standard InChI is InChI=1S/C11H10BNO2/c12-8-3-1-2-7(6-8)9-4-5-10(14)13-11(9)15/h1-3,6,9H,4-5H2,(H,13,14,15). The minimum Gasteiger partial charge on any atom is -0.296 e. The Morgan fingerprint density at radius 3 is 2.80 bits per heavy atom. The smallest absolute Gasteiger partial charge is 0.234 e. The van der Waals surface area contributed by atoms with E-state index in [0.717, 1.165) is 5.56 Å². The molecule has 1 aromatic rings. The third kappa shape index (κ3) is 2.09. The van der Waals surface area contributed by atoms with E-state index in [2.05, 4.69) is 5.32 Å². The van der Waals surface area contributed by atoms with Crippen LogP contribution in [0.2, 0.25) is 0 Å². The minimum atomic E-state index is -0.244. The van der Waals surface area contributed by atoms with Crippen molar-refractivity contribution in [2.24, 2.45) is 0 Å². The molecule has 2 rings (SSSR count). The Labute approximate surface area is 89.3 Å². The Hall–Kier alpha value is -1.58. The van der Waals surface area contributed by atoms with Gasteiger partial charge in [-0.3, -0.25) is 14.9 Å². The lowest BCUT2D eigenvalue weighted by Gasteiger charge is -2.21. The van der Waals surface area contributed by atoms with Crippen molar-refractivity contribution in [3.8, 4) is 0 Å². The van der Waals surface area contributed by atoms with Gasteiger partial charge in [0.2, 0.25) is 11.8 Å². The van der Waals surface area contributed by atoms with Gasteiger partial charge in [-0.25, -0.2) is 0 Å². The second kappa shape index (κ2) is 3.89. The molecule has 74 valence electrons. The predicted octanol–water partition coefficient (Wildman–Crippen LogP) is 0.000600. The zero-order chi connectivity index (χ0) is 10.8. The molecule has 1 unspecified atom stereocenters. The van der Waals surface area contributed by atoms with Crippen molar-refractivity contribution in [2.45, 2.75) is 18.8 Å². The molecular weight excluding hydrogens is 189 g/mol. The molecule has 0 saturated carbocycles. The van der Waals surface area contributed by atoms with Gasteiger partial charge in [-0.15, -0.1) is 0 Å². The number of hydrogen-bond acceptors (Lipinski definition) is 2. The van der Waals surface area contributed by atoms with Crippen molar-refractivity contribution in [2.75, 3.05) is 0 Å². The number of rotatable bonds is 1. The van der Waals surface area contributed by atoms with Crippen LogP contribution in [0.4, 0.5) is 0 Å². The zero-order valence-corrected chi connectivity index (χ0v) is 8.19. The number of carbonyl (C=O) groups is 2. The highest BCUT2D eigenvalue weighted by Gasteiger charge is 2.27. The molecule has 1 saturated heterocycles. The van der Waals surface area contributed by atoms with Crippen molar-refractivity contribution < 1.29 is 9.59 Å². The van der Waals surface area contributed by atoms with Gasteiger partial charge < -0.3 is 0 Å². The SMILES string of the molecule is [B]c1cccc(C2CCC(=O)NC2=O)c1. The van der Waals surface area contributed by atoms with Crippen molar-refractivity contribution in [3.63, 3.8) is 0 Å². The van der Waals surface area contributed by atoms with E-state index in [1.165, 1.54) is 0 Å². The average molecular weight is 199 g/mol. The number of nitrogens with one attached hydrogen (secondary N) is 1. The molecule has 4 heteroatoms. The Morgan fingerprint density at radius 2 is 2.13 bits per heavy atom. The van der Waals surface area contributed by atoms with Gasteiger partial charge in [0.25, 0.3) is 0 Å². The molecule has 1 aromatic carbocycles. The summed E-state index contributed by atoms with van der Waals surface area (Å²) in [4.78, 5) is 22.5. The van der Waals surface area contributed by atoms with Crippen molar-refractivity contribution in [3.05, 3.63) is 29.8 Å². The van der Waals surface area contributed by atoms with Crippen LogP contribution in [-0.4, -0.2) is 19.7 Å². The highest BCUT2D eigenvalue weighted by molar-refractivity contribution is 6.32.